The van der Waals surface area contributed by atoms with Crippen molar-refractivity contribution in [1.82, 2.24) is 15.1 Å². The fraction of sp³-hybridized carbons (Fsp3) is 0.258. The molecule has 1 spiro atoms. The van der Waals surface area contributed by atoms with Crippen molar-refractivity contribution in [1.29, 1.82) is 0 Å². The summed E-state index contributed by atoms with van der Waals surface area (Å²) in [6.07, 6.45) is 2.54. The highest BCUT2D eigenvalue weighted by Crippen LogP contribution is 2.39. The zero-order chi connectivity index (χ0) is 26.8. The van der Waals surface area contributed by atoms with Crippen molar-refractivity contribution in [3.05, 3.63) is 103 Å². The number of hydrogen-bond donors (Lipinski definition) is 1. The van der Waals surface area contributed by atoms with Crippen molar-refractivity contribution in [2.75, 3.05) is 31.2 Å². The van der Waals surface area contributed by atoms with Crippen LogP contribution in [0.15, 0.2) is 95.6 Å². The van der Waals surface area contributed by atoms with Gasteiger partial charge in [0, 0.05) is 24.3 Å². The first-order valence-corrected chi connectivity index (χ1v) is 13.2. The van der Waals surface area contributed by atoms with Gasteiger partial charge in [0.2, 0.25) is 5.91 Å². The lowest BCUT2D eigenvalue weighted by atomic mass is 9.85. The van der Waals surface area contributed by atoms with Gasteiger partial charge in [-0.1, -0.05) is 54.6 Å². The average molecular weight is 523 g/mol. The molecule has 3 aromatic carbocycles. The average Bonchev–Trinajstić information content (AvgIpc) is 3.59. The molecule has 8 heteroatoms. The van der Waals surface area contributed by atoms with Gasteiger partial charge in [-0.05, 0) is 53.9 Å². The number of benzene rings is 3. The van der Waals surface area contributed by atoms with E-state index in [0.29, 0.717) is 43.9 Å². The molecule has 3 heterocycles. The van der Waals surface area contributed by atoms with E-state index < -0.39 is 5.54 Å². The minimum Gasteiger partial charge on any atom is -0.467 e. The lowest BCUT2D eigenvalue weighted by molar-refractivity contribution is -0.137. The van der Waals surface area contributed by atoms with Gasteiger partial charge < -0.3 is 24.4 Å². The summed E-state index contributed by atoms with van der Waals surface area (Å²) in [5.41, 5.74) is 0.799. The molecule has 2 aliphatic heterocycles. The van der Waals surface area contributed by atoms with Crippen LogP contribution in [0, 0.1) is 0 Å². The number of hydrogen-bond acceptors (Lipinski definition) is 5. The van der Waals surface area contributed by atoms with E-state index in [4.69, 9.17) is 4.42 Å². The Bertz CT molecular complexity index is 1490. The normalized spacial score (nSPS) is 16.7. The first-order chi connectivity index (χ1) is 19.0. The lowest BCUT2D eigenvalue weighted by Gasteiger charge is -2.43. The molecule has 2 fully saturated rings. The molecule has 4 aromatic rings. The van der Waals surface area contributed by atoms with E-state index in [1.165, 1.54) is 0 Å². The molecular weight excluding hydrogens is 492 g/mol. The monoisotopic (exact) mass is 522 g/mol. The van der Waals surface area contributed by atoms with Gasteiger partial charge in [0.1, 0.15) is 17.8 Å². The first-order valence-electron chi connectivity index (χ1n) is 13.2. The van der Waals surface area contributed by atoms with Gasteiger partial charge in [-0.25, -0.2) is 0 Å². The third kappa shape index (κ3) is 4.63. The van der Waals surface area contributed by atoms with E-state index in [-0.39, 0.29) is 30.8 Å². The van der Waals surface area contributed by atoms with Crippen LogP contribution in [0.4, 0.5) is 5.69 Å². The maximum absolute atomic E-state index is 13.9. The molecule has 2 aliphatic rings. The molecule has 0 radical (unpaired) electrons. The predicted octanol–water partition coefficient (Wildman–Crippen LogP) is 4.03. The fourth-order valence-corrected chi connectivity index (χ4v) is 5.81. The minimum absolute atomic E-state index is 0.0208. The molecule has 1 N–H and O–H groups in total. The Kier molecular flexibility index (Phi) is 6.52. The summed E-state index contributed by atoms with van der Waals surface area (Å²) < 4.78 is 5.29. The summed E-state index contributed by atoms with van der Waals surface area (Å²) in [4.78, 5) is 45.8. The number of carbonyl (C=O) groups is 3. The van der Waals surface area contributed by atoms with Crippen molar-refractivity contribution >= 4 is 34.2 Å². The van der Waals surface area contributed by atoms with Crippen LogP contribution in [0.5, 0.6) is 0 Å². The van der Waals surface area contributed by atoms with Crippen molar-refractivity contribution in [2.24, 2.45) is 0 Å². The summed E-state index contributed by atoms with van der Waals surface area (Å²) in [5, 5.41) is 4.79. The molecule has 0 atom stereocenters. The molecule has 8 nitrogen and oxygen atoms in total. The van der Waals surface area contributed by atoms with E-state index in [1.54, 1.807) is 23.3 Å². The topological polar surface area (TPSA) is 86.1 Å². The number of piperidine rings is 1. The Hall–Kier alpha value is -4.59. The third-order valence-corrected chi connectivity index (χ3v) is 7.85. The number of amides is 3. The Morgan fingerprint density at radius 3 is 2.38 bits per heavy atom. The summed E-state index contributed by atoms with van der Waals surface area (Å²) >= 11 is 0. The quantitative estimate of drug-likeness (QED) is 0.413. The third-order valence-electron chi connectivity index (χ3n) is 7.85. The molecular formula is C31H30N4O4. The maximum atomic E-state index is 13.9. The van der Waals surface area contributed by atoms with Crippen LogP contribution in [0.3, 0.4) is 0 Å². The highest BCUT2D eigenvalue weighted by atomic mass is 16.3. The van der Waals surface area contributed by atoms with Crippen LogP contribution in [0.25, 0.3) is 10.8 Å². The van der Waals surface area contributed by atoms with Crippen molar-refractivity contribution in [2.45, 2.75) is 24.9 Å². The summed E-state index contributed by atoms with van der Waals surface area (Å²) in [6.45, 7) is 1.45. The van der Waals surface area contributed by atoms with Gasteiger partial charge in [-0.15, -0.1) is 0 Å². The van der Waals surface area contributed by atoms with Crippen molar-refractivity contribution in [3.63, 3.8) is 0 Å². The molecule has 3 amide bonds. The van der Waals surface area contributed by atoms with Crippen LogP contribution in [-0.4, -0.2) is 59.4 Å². The molecule has 6 rings (SSSR count). The molecule has 198 valence electrons. The molecule has 0 saturated carbocycles. The number of rotatable bonds is 6. The highest BCUT2D eigenvalue weighted by Gasteiger charge is 2.54. The van der Waals surface area contributed by atoms with Crippen LogP contribution in [0.2, 0.25) is 0 Å². The van der Waals surface area contributed by atoms with Gasteiger partial charge in [0.05, 0.1) is 19.5 Å². The van der Waals surface area contributed by atoms with Crippen LogP contribution < -0.4 is 10.2 Å². The smallest absolute Gasteiger partial charge is 0.254 e. The number of nitrogens with zero attached hydrogens (tertiary/aromatic N) is 3. The number of fused-ring (bicyclic) bond motifs is 1. The van der Waals surface area contributed by atoms with Crippen molar-refractivity contribution < 1.29 is 18.8 Å². The molecule has 0 aliphatic carbocycles. The molecule has 0 unspecified atom stereocenters. The Labute approximate surface area is 226 Å². The summed E-state index contributed by atoms with van der Waals surface area (Å²) in [5.74, 6) is 0.319. The number of carbonyl (C=O) groups excluding carboxylic acids is 3. The number of nitrogens with one attached hydrogen (secondary N) is 1. The number of likely N-dealkylation sites (tertiary alicyclic amines) is 1. The molecule has 2 saturated heterocycles. The van der Waals surface area contributed by atoms with E-state index in [2.05, 4.69) is 10.2 Å². The second-order valence-electron chi connectivity index (χ2n) is 10.1. The Morgan fingerprint density at radius 2 is 1.62 bits per heavy atom. The highest BCUT2D eigenvalue weighted by molar-refractivity contribution is 6.07. The number of furan rings is 1. The largest absolute Gasteiger partial charge is 0.467 e. The predicted molar refractivity (Wildman–Crippen MR) is 148 cm³/mol. The summed E-state index contributed by atoms with van der Waals surface area (Å²) in [7, 11) is 0. The zero-order valence-corrected chi connectivity index (χ0v) is 21.6. The second-order valence-corrected chi connectivity index (χ2v) is 10.1. The van der Waals surface area contributed by atoms with Crippen LogP contribution in [-0.2, 0) is 16.1 Å². The Morgan fingerprint density at radius 1 is 0.872 bits per heavy atom. The maximum Gasteiger partial charge on any atom is 0.254 e. The van der Waals surface area contributed by atoms with Gasteiger partial charge in [0.25, 0.3) is 11.8 Å². The van der Waals surface area contributed by atoms with E-state index >= 15 is 0 Å². The van der Waals surface area contributed by atoms with Gasteiger partial charge in [0.15, 0.2) is 0 Å². The zero-order valence-electron chi connectivity index (χ0n) is 21.6. The van der Waals surface area contributed by atoms with Crippen LogP contribution >= 0.6 is 0 Å². The number of anilines is 1. The Balaban J connectivity index is 1.20. The second kappa shape index (κ2) is 10.3. The molecule has 39 heavy (non-hydrogen) atoms. The molecule has 0 bridgehead atoms. The summed E-state index contributed by atoms with van der Waals surface area (Å²) in [6, 6.07) is 27.1. The van der Waals surface area contributed by atoms with Gasteiger partial charge in [-0.2, -0.15) is 0 Å². The SMILES string of the molecule is O=C(CN1CN(c2ccccc2)C2(CCN(C(=O)c3cccc4ccccc34)CC2)C1=O)NCc1ccco1. The van der Waals surface area contributed by atoms with Gasteiger partial charge >= 0.3 is 0 Å². The van der Waals surface area contributed by atoms with Crippen LogP contribution in [0.1, 0.15) is 29.0 Å². The van der Waals surface area contributed by atoms with Crippen molar-refractivity contribution in [3.8, 4) is 0 Å². The molecule has 1 aromatic heterocycles. The van der Waals surface area contributed by atoms with E-state index in [9.17, 15) is 14.4 Å². The minimum atomic E-state index is -0.807. The van der Waals surface area contributed by atoms with E-state index in [0.717, 1.165) is 16.5 Å². The first kappa shape index (κ1) is 24.7. The lowest BCUT2D eigenvalue weighted by Crippen LogP contribution is -2.57. The van der Waals surface area contributed by atoms with E-state index in [1.807, 2.05) is 77.7 Å². The number of para-hydroxylation sites is 1. The van der Waals surface area contributed by atoms with Gasteiger partial charge in [-0.3, -0.25) is 14.4 Å². The fourth-order valence-electron chi connectivity index (χ4n) is 5.81. The standard InChI is InChI=1S/C31H30N4O4/c36-28(32-20-25-12-7-19-39-25)21-34-22-35(24-10-2-1-3-11-24)31(30(34)38)15-17-33(18-16-31)29(37)27-14-6-9-23-8-4-5-13-26(23)27/h1-14,19H,15-18,20-22H2,(H,32,36).